The quantitative estimate of drug-likeness (QED) is 0.635. The molecule has 2 rings (SSSR count). The van der Waals surface area contributed by atoms with Crippen molar-refractivity contribution in [3.8, 4) is 0 Å². The molecule has 0 saturated heterocycles. The molecule has 1 aromatic rings. The van der Waals surface area contributed by atoms with E-state index in [4.69, 9.17) is 11.6 Å². The van der Waals surface area contributed by atoms with Crippen molar-refractivity contribution >= 4 is 11.6 Å². The van der Waals surface area contributed by atoms with E-state index in [0.29, 0.717) is 5.88 Å². The minimum Gasteiger partial charge on any atom is -0.268 e. The molecule has 1 aromatic heterocycles. The van der Waals surface area contributed by atoms with E-state index in [1.807, 2.05) is 10.9 Å². The van der Waals surface area contributed by atoms with E-state index < -0.39 is 0 Å². The molecule has 1 saturated carbocycles. The van der Waals surface area contributed by atoms with Crippen LogP contribution >= 0.6 is 11.6 Å². The minimum absolute atomic E-state index is 0.654. The van der Waals surface area contributed by atoms with Crippen molar-refractivity contribution in [3.63, 3.8) is 0 Å². The topological polar surface area (TPSA) is 17.8 Å². The van der Waals surface area contributed by atoms with Crippen LogP contribution in [-0.4, -0.2) is 15.7 Å². The predicted molar refractivity (Wildman–Crippen MR) is 44.9 cm³/mol. The Bertz CT molecular complexity index is 240. The Morgan fingerprint density at radius 2 is 2.45 bits per heavy atom. The normalized spacial score (nSPS) is 17.2. The molecule has 1 heterocycles. The fourth-order valence-electron chi connectivity index (χ4n) is 1.34. The van der Waals surface area contributed by atoms with Crippen LogP contribution in [0.15, 0.2) is 12.3 Å². The first-order valence-corrected chi connectivity index (χ1v) is 4.53. The van der Waals surface area contributed by atoms with Crippen molar-refractivity contribution in [3.05, 3.63) is 18.0 Å². The van der Waals surface area contributed by atoms with Gasteiger partial charge in [-0.3, -0.25) is 4.68 Å². The van der Waals surface area contributed by atoms with E-state index in [9.17, 15) is 0 Å². The molecule has 0 atom stereocenters. The van der Waals surface area contributed by atoms with Gasteiger partial charge in [-0.2, -0.15) is 5.10 Å². The monoisotopic (exact) mass is 170 g/mol. The predicted octanol–water partition coefficient (Wildman–Crippen LogP) is 2.00. The highest BCUT2D eigenvalue weighted by atomic mass is 35.5. The standard InChI is InChI=1S/C8H11ClN2/c9-4-6-11-8(3-5-10-11)7-1-2-7/h3,5,7H,1-2,4,6H2. The van der Waals surface area contributed by atoms with Crippen molar-refractivity contribution in [1.29, 1.82) is 0 Å². The second-order valence-electron chi connectivity index (χ2n) is 2.94. The summed E-state index contributed by atoms with van der Waals surface area (Å²) in [6.07, 6.45) is 4.52. The van der Waals surface area contributed by atoms with Crippen LogP contribution in [0.2, 0.25) is 0 Å². The maximum Gasteiger partial charge on any atom is 0.0548 e. The fourth-order valence-corrected chi connectivity index (χ4v) is 1.50. The third kappa shape index (κ3) is 1.41. The van der Waals surface area contributed by atoms with Crippen LogP contribution < -0.4 is 0 Å². The van der Waals surface area contributed by atoms with E-state index in [1.54, 1.807) is 0 Å². The van der Waals surface area contributed by atoms with Gasteiger partial charge in [0.25, 0.3) is 0 Å². The average Bonchev–Trinajstić information content (AvgIpc) is 2.75. The number of aryl methyl sites for hydroxylation is 1. The lowest BCUT2D eigenvalue weighted by atomic mass is 10.3. The Kier molecular flexibility index (Phi) is 1.86. The van der Waals surface area contributed by atoms with E-state index in [0.717, 1.165) is 12.5 Å². The molecular formula is C8H11ClN2. The van der Waals surface area contributed by atoms with Gasteiger partial charge >= 0.3 is 0 Å². The molecule has 3 heteroatoms. The van der Waals surface area contributed by atoms with Gasteiger partial charge in [0.2, 0.25) is 0 Å². The molecule has 0 amide bonds. The van der Waals surface area contributed by atoms with Crippen molar-refractivity contribution in [2.24, 2.45) is 0 Å². The summed E-state index contributed by atoms with van der Waals surface area (Å²) in [4.78, 5) is 0. The summed E-state index contributed by atoms with van der Waals surface area (Å²) in [5, 5.41) is 4.20. The molecule has 1 aliphatic carbocycles. The third-order valence-electron chi connectivity index (χ3n) is 2.04. The molecule has 0 aromatic carbocycles. The average molecular weight is 171 g/mol. The van der Waals surface area contributed by atoms with Gasteiger partial charge in [-0.25, -0.2) is 0 Å². The van der Waals surface area contributed by atoms with Gasteiger partial charge in [-0.1, -0.05) is 0 Å². The number of alkyl halides is 1. The first-order valence-electron chi connectivity index (χ1n) is 3.99. The number of nitrogens with zero attached hydrogens (tertiary/aromatic N) is 2. The number of hydrogen-bond donors (Lipinski definition) is 0. The molecule has 60 valence electrons. The van der Waals surface area contributed by atoms with Crippen molar-refractivity contribution < 1.29 is 0 Å². The van der Waals surface area contributed by atoms with Crippen molar-refractivity contribution in [1.82, 2.24) is 9.78 Å². The maximum atomic E-state index is 5.63. The van der Waals surface area contributed by atoms with Gasteiger partial charge in [0.05, 0.1) is 6.54 Å². The fraction of sp³-hybridized carbons (Fsp3) is 0.625. The van der Waals surface area contributed by atoms with Crippen LogP contribution in [-0.2, 0) is 6.54 Å². The van der Waals surface area contributed by atoms with Crippen LogP contribution in [0.3, 0.4) is 0 Å². The van der Waals surface area contributed by atoms with E-state index >= 15 is 0 Å². The summed E-state index contributed by atoms with van der Waals surface area (Å²) in [5.41, 5.74) is 1.37. The number of halogens is 1. The Balaban J connectivity index is 2.16. The molecule has 0 unspecified atom stereocenters. The molecule has 0 aliphatic heterocycles. The van der Waals surface area contributed by atoms with E-state index in [-0.39, 0.29) is 0 Å². The van der Waals surface area contributed by atoms with Gasteiger partial charge in [0.1, 0.15) is 0 Å². The van der Waals surface area contributed by atoms with Gasteiger partial charge < -0.3 is 0 Å². The summed E-state index contributed by atoms with van der Waals surface area (Å²) in [6, 6.07) is 2.10. The zero-order valence-electron chi connectivity index (χ0n) is 6.33. The molecule has 1 aliphatic rings. The molecule has 0 spiro atoms. The van der Waals surface area contributed by atoms with Crippen LogP contribution in [0.4, 0.5) is 0 Å². The Labute approximate surface area is 71.2 Å². The lowest BCUT2D eigenvalue weighted by Gasteiger charge is -2.02. The number of aromatic nitrogens is 2. The molecule has 11 heavy (non-hydrogen) atoms. The van der Waals surface area contributed by atoms with Gasteiger partial charge in [0.15, 0.2) is 0 Å². The Morgan fingerprint density at radius 1 is 1.64 bits per heavy atom. The summed E-state index contributed by atoms with van der Waals surface area (Å²) < 4.78 is 2.02. The first-order chi connectivity index (χ1) is 5.42. The van der Waals surface area contributed by atoms with Gasteiger partial charge in [-0.15, -0.1) is 11.6 Å². The highest BCUT2D eigenvalue weighted by Crippen LogP contribution is 2.39. The molecule has 0 radical (unpaired) electrons. The Hall–Kier alpha value is -0.500. The lowest BCUT2D eigenvalue weighted by molar-refractivity contribution is 0.627. The number of hydrogen-bond acceptors (Lipinski definition) is 1. The SMILES string of the molecule is ClCCn1nccc1C1CC1. The summed E-state index contributed by atoms with van der Waals surface area (Å²) in [6.45, 7) is 0.848. The van der Waals surface area contributed by atoms with Crippen molar-refractivity contribution in [2.75, 3.05) is 5.88 Å². The van der Waals surface area contributed by atoms with Crippen LogP contribution in [0.5, 0.6) is 0 Å². The minimum atomic E-state index is 0.654. The molecule has 0 bridgehead atoms. The second kappa shape index (κ2) is 2.86. The van der Waals surface area contributed by atoms with E-state index in [1.165, 1.54) is 18.5 Å². The smallest absolute Gasteiger partial charge is 0.0548 e. The van der Waals surface area contributed by atoms with Gasteiger partial charge in [-0.05, 0) is 18.9 Å². The van der Waals surface area contributed by atoms with Crippen LogP contribution in [0.1, 0.15) is 24.5 Å². The molecule has 2 nitrogen and oxygen atoms in total. The maximum absolute atomic E-state index is 5.63. The lowest BCUT2D eigenvalue weighted by Crippen LogP contribution is -2.04. The molecular weight excluding hydrogens is 160 g/mol. The first kappa shape index (κ1) is 7.17. The zero-order chi connectivity index (χ0) is 7.68. The number of rotatable bonds is 3. The molecule has 1 fully saturated rings. The van der Waals surface area contributed by atoms with Crippen LogP contribution in [0, 0.1) is 0 Å². The largest absolute Gasteiger partial charge is 0.268 e. The molecule has 0 N–H and O–H groups in total. The second-order valence-corrected chi connectivity index (χ2v) is 3.32. The van der Waals surface area contributed by atoms with Crippen molar-refractivity contribution in [2.45, 2.75) is 25.3 Å². The van der Waals surface area contributed by atoms with Gasteiger partial charge in [0, 0.05) is 23.7 Å². The summed E-state index contributed by atoms with van der Waals surface area (Å²) >= 11 is 5.63. The summed E-state index contributed by atoms with van der Waals surface area (Å²) in [5.74, 6) is 1.43. The highest BCUT2D eigenvalue weighted by molar-refractivity contribution is 6.17. The van der Waals surface area contributed by atoms with Crippen LogP contribution in [0.25, 0.3) is 0 Å². The summed E-state index contributed by atoms with van der Waals surface area (Å²) in [7, 11) is 0. The van der Waals surface area contributed by atoms with E-state index in [2.05, 4.69) is 11.2 Å². The Morgan fingerprint density at radius 3 is 3.09 bits per heavy atom. The zero-order valence-corrected chi connectivity index (χ0v) is 7.09. The highest BCUT2D eigenvalue weighted by Gasteiger charge is 2.26. The third-order valence-corrected chi connectivity index (χ3v) is 2.21.